The fourth-order valence-electron chi connectivity index (χ4n) is 3.19. The molecule has 1 saturated heterocycles. The molecule has 2 N–H and O–H groups in total. The first-order valence-electron chi connectivity index (χ1n) is 7.62. The maximum atomic E-state index is 13.0. The van der Waals surface area contributed by atoms with Gasteiger partial charge in [-0.25, -0.2) is 9.37 Å². The Morgan fingerprint density at radius 3 is 2.52 bits per heavy atom. The highest BCUT2D eigenvalue weighted by atomic mass is 32.1. The number of aromatic nitrogens is 1. The quantitative estimate of drug-likeness (QED) is 0.818. The molecule has 0 spiro atoms. The van der Waals surface area contributed by atoms with Crippen molar-refractivity contribution in [1.29, 1.82) is 0 Å². The Kier molecular flexibility index (Phi) is 3.85. The molecule has 8 heteroatoms. The highest BCUT2D eigenvalue weighted by Crippen LogP contribution is 2.40. The van der Waals surface area contributed by atoms with Crippen LogP contribution in [0.2, 0.25) is 0 Å². The lowest BCUT2D eigenvalue weighted by molar-refractivity contribution is -0.145. The monoisotopic (exact) mass is 360 g/mol. The van der Waals surface area contributed by atoms with Crippen molar-refractivity contribution in [2.45, 2.75) is 12.2 Å². The van der Waals surface area contributed by atoms with Gasteiger partial charge in [-0.3, -0.25) is 9.59 Å². The van der Waals surface area contributed by atoms with E-state index in [4.69, 9.17) is 4.74 Å². The van der Waals surface area contributed by atoms with Gasteiger partial charge in [-0.2, -0.15) is 0 Å². The van der Waals surface area contributed by atoms with Crippen molar-refractivity contribution in [1.82, 2.24) is 4.98 Å². The summed E-state index contributed by atoms with van der Waals surface area (Å²) in [5.74, 6) is -3.50. The summed E-state index contributed by atoms with van der Waals surface area (Å²) >= 11 is 1.22. The largest absolute Gasteiger partial charge is 0.481 e. The van der Waals surface area contributed by atoms with Gasteiger partial charge in [-0.15, -0.1) is 11.3 Å². The molecule has 2 aromatic rings. The zero-order chi connectivity index (χ0) is 17.6. The molecular weight excluding hydrogens is 347 g/mol. The number of hydrogen-bond donors (Lipinski definition) is 2. The van der Waals surface area contributed by atoms with Crippen LogP contribution in [0.15, 0.2) is 41.8 Å². The third kappa shape index (κ3) is 2.83. The van der Waals surface area contributed by atoms with Crippen molar-refractivity contribution in [3.05, 3.63) is 47.6 Å². The molecule has 1 fully saturated rings. The summed E-state index contributed by atoms with van der Waals surface area (Å²) < 4.78 is 18.5. The van der Waals surface area contributed by atoms with Crippen molar-refractivity contribution in [2.75, 3.05) is 5.32 Å². The van der Waals surface area contributed by atoms with E-state index in [0.717, 1.165) is 5.56 Å². The number of fused-ring (bicyclic) bond motifs is 2. The average Bonchev–Trinajstić information content (AvgIpc) is 3.30. The number of anilines is 1. The Morgan fingerprint density at radius 2 is 1.84 bits per heavy atom. The van der Waals surface area contributed by atoms with Crippen molar-refractivity contribution in [3.63, 3.8) is 0 Å². The van der Waals surface area contributed by atoms with Crippen molar-refractivity contribution in [2.24, 2.45) is 11.8 Å². The Bertz CT molecular complexity index is 864. The molecule has 0 saturated carbocycles. The molecule has 1 amide bonds. The predicted octanol–water partition coefficient (Wildman–Crippen LogP) is 2.54. The molecule has 4 atom stereocenters. The van der Waals surface area contributed by atoms with Crippen molar-refractivity contribution >= 4 is 28.3 Å². The number of carbonyl (C=O) groups is 2. The molecular formula is C17H13FN2O4S. The van der Waals surface area contributed by atoms with Crippen LogP contribution < -0.4 is 5.32 Å². The molecule has 0 aliphatic carbocycles. The van der Waals surface area contributed by atoms with Crippen LogP contribution >= 0.6 is 11.3 Å². The molecule has 2 aliphatic rings. The third-order valence-electron chi connectivity index (χ3n) is 4.36. The number of halogens is 1. The van der Waals surface area contributed by atoms with Gasteiger partial charge >= 0.3 is 5.97 Å². The fourth-order valence-corrected chi connectivity index (χ4v) is 3.91. The molecule has 4 rings (SSSR count). The number of nitrogens with zero attached hydrogens (tertiary/aromatic N) is 1. The second-order valence-electron chi connectivity index (χ2n) is 5.87. The van der Waals surface area contributed by atoms with Gasteiger partial charge in [0.2, 0.25) is 5.91 Å². The Labute approximate surface area is 146 Å². The summed E-state index contributed by atoms with van der Waals surface area (Å²) in [5.41, 5.74) is 1.34. The fraction of sp³-hybridized carbons (Fsp3) is 0.235. The SMILES string of the molecule is O=C(Nc1nc(-c2ccc(F)cc2)cs1)[C@@H]1[C@H](C(=O)O)[C@H]2C=C[C@H]1O2. The van der Waals surface area contributed by atoms with E-state index in [1.807, 2.05) is 0 Å². The predicted molar refractivity (Wildman–Crippen MR) is 88.6 cm³/mol. The number of nitrogens with one attached hydrogen (secondary N) is 1. The van der Waals surface area contributed by atoms with Crippen molar-refractivity contribution in [3.8, 4) is 11.3 Å². The van der Waals surface area contributed by atoms with Crippen LogP contribution in [0.3, 0.4) is 0 Å². The smallest absolute Gasteiger partial charge is 0.310 e. The number of hydrogen-bond acceptors (Lipinski definition) is 5. The average molecular weight is 360 g/mol. The van der Waals surface area contributed by atoms with E-state index in [-0.39, 0.29) is 5.82 Å². The van der Waals surface area contributed by atoms with Gasteiger partial charge in [-0.05, 0) is 24.3 Å². The second-order valence-corrected chi connectivity index (χ2v) is 6.73. The molecule has 3 heterocycles. The molecule has 2 aliphatic heterocycles. The Morgan fingerprint density at radius 1 is 1.16 bits per heavy atom. The van der Waals surface area contributed by atoms with Gasteiger partial charge in [0, 0.05) is 10.9 Å². The summed E-state index contributed by atoms with van der Waals surface area (Å²) in [7, 11) is 0. The summed E-state index contributed by atoms with van der Waals surface area (Å²) in [5, 5.41) is 14.1. The number of amides is 1. The van der Waals surface area contributed by atoms with Crippen LogP contribution in [0.4, 0.5) is 9.52 Å². The van der Waals surface area contributed by atoms with E-state index in [2.05, 4.69) is 10.3 Å². The molecule has 6 nitrogen and oxygen atoms in total. The number of carboxylic acid groups (broad SMARTS) is 1. The van der Waals surface area contributed by atoms with Crippen molar-refractivity contribution < 1.29 is 23.8 Å². The van der Waals surface area contributed by atoms with E-state index in [1.54, 1.807) is 29.7 Å². The van der Waals surface area contributed by atoms with Gasteiger partial charge in [0.1, 0.15) is 11.7 Å². The van der Waals surface area contributed by atoms with Gasteiger partial charge in [-0.1, -0.05) is 12.2 Å². The van der Waals surface area contributed by atoms with E-state index in [1.165, 1.54) is 23.5 Å². The highest BCUT2D eigenvalue weighted by Gasteiger charge is 2.53. The van der Waals surface area contributed by atoms with E-state index < -0.39 is 35.9 Å². The van der Waals surface area contributed by atoms with Crippen LogP contribution in [0.5, 0.6) is 0 Å². The molecule has 25 heavy (non-hydrogen) atoms. The summed E-state index contributed by atoms with van der Waals surface area (Å²) in [6.07, 6.45) is 2.32. The number of carbonyl (C=O) groups excluding carboxylic acids is 1. The molecule has 1 aromatic carbocycles. The van der Waals surface area contributed by atoms with Gasteiger partial charge in [0.25, 0.3) is 0 Å². The van der Waals surface area contributed by atoms with E-state index in [9.17, 15) is 19.1 Å². The van der Waals surface area contributed by atoms with Crippen LogP contribution in [-0.2, 0) is 14.3 Å². The van der Waals surface area contributed by atoms with Crippen LogP contribution in [0, 0.1) is 17.7 Å². The Balaban J connectivity index is 1.51. The minimum atomic E-state index is -1.05. The third-order valence-corrected chi connectivity index (χ3v) is 5.12. The van der Waals surface area contributed by atoms with Crippen LogP contribution in [0.1, 0.15) is 0 Å². The maximum Gasteiger partial charge on any atom is 0.310 e. The summed E-state index contributed by atoms with van der Waals surface area (Å²) in [6.45, 7) is 0. The molecule has 0 radical (unpaired) electrons. The highest BCUT2D eigenvalue weighted by molar-refractivity contribution is 7.14. The van der Waals surface area contributed by atoms with Crippen LogP contribution in [0.25, 0.3) is 11.3 Å². The standard InChI is InChI=1S/C17H13FN2O4S/c18-9-3-1-8(2-4-9)10-7-25-17(19-10)20-15(21)13-11-5-6-12(24-11)14(13)16(22)23/h1-7,11-14H,(H,22,23)(H,19,20,21)/t11-,12-,13+,14-/m1/s1. The van der Waals surface area contributed by atoms with E-state index >= 15 is 0 Å². The molecule has 2 bridgehead atoms. The first kappa shape index (κ1) is 15.9. The van der Waals surface area contributed by atoms with E-state index in [0.29, 0.717) is 10.8 Å². The lowest BCUT2D eigenvalue weighted by Crippen LogP contribution is -2.39. The number of carboxylic acids is 1. The summed E-state index contributed by atoms with van der Waals surface area (Å²) in [4.78, 5) is 28.3. The van der Waals surface area contributed by atoms with Gasteiger partial charge < -0.3 is 15.2 Å². The van der Waals surface area contributed by atoms with Crippen LogP contribution in [-0.4, -0.2) is 34.2 Å². The van der Waals surface area contributed by atoms with Gasteiger partial charge in [0.05, 0.1) is 23.8 Å². The van der Waals surface area contributed by atoms with Gasteiger partial charge in [0.15, 0.2) is 5.13 Å². The topological polar surface area (TPSA) is 88.5 Å². The first-order valence-corrected chi connectivity index (χ1v) is 8.50. The molecule has 1 aromatic heterocycles. The zero-order valence-corrected chi connectivity index (χ0v) is 13.6. The maximum absolute atomic E-state index is 13.0. The number of aliphatic carboxylic acids is 1. The molecule has 128 valence electrons. The lowest BCUT2D eigenvalue weighted by atomic mass is 9.82. The number of ether oxygens (including phenoxy) is 1. The number of rotatable bonds is 4. The zero-order valence-electron chi connectivity index (χ0n) is 12.8. The summed E-state index contributed by atoms with van der Waals surface area (Å²) in [6, 6.07) is 5.88. The minimum Gasteiger partial charge on any atom is -0.481 e. The number of benzene rings is 1. The minimum absolute atomic E-state index is 0.337. The first-order chi connectivity index (χ1) is 12.0. The normalized spacial score (nSPS) is 26.8. The lowest BCUT2D eigenvalue weighted by Gasteiger charge is -2.20. The molecule has 0 unspecified atom stereocenters. The number of thiazole rings is 1. The Hall–Kier alpha value is -2.58. The second kappa shape index (κ2) is 6.05.